The molecule has 0 atom stereocenters. The first-order valence-electron chi connectivity index (χ1n) is 7.58. The molecule has 12 heteroatoms. The number of halogens is 2. The average Bonchev–Trinajstić information content (AvgIpc) is 2.28. The smallest absolute Gasteiger partial charge is 0.214 e. The van der Waals surface area contributed by atoms with Gasteiger partial charge in [-0.1, -0.05) is 29.8 Å². The molecule has 0 amide bonds. The van der Waals surface area contributed by atoms with Gasteiger partial charge in [-0.2, -0.15) is 0 Å². The van der Waals surface area contributed by atoms with E-state index in [1.807, 2.05) is 0 Å². The molecule has 0 spiro atoms. The summed E-state index contributed by atoms with van der Waals surface area (Å²) in [6.45, 7) is 7.45. The molecule has 148 valence electrons. The normalized spacial score (nSPS) is 18.7. The van der Waals surface area contributed by atoms with Gasteiger partial charge in [-0.3, -0.25) is 0 Å². The predicted octanol–water partition coefficient (Wildman–Crippen LogP) is -0.171. The number of likely N-dealkylation sites (tertiary alicyclic amines) is 1. The second-order valence-electron chi connectivity index (χ2n) is 5.53. The van der Waals surface area contributed by atoms with Gasteiger partial charge >= 0.3 is 0 Å². The Kier molecular flexibility index (Phi) is 14.3. The summed E-state index contributed by atoms with van der Waals surface area (Å²) in [6.07, 6.45) is 2.30. The van der Waals surface area contributed by atoms with Crippen LogP contribution in [0, 0.1) is 0 Å². The van der Waals surface area contributed by atoms with Crippen LogP contribution in [0.1, 0.15) is 26.7 Å². The Hall–Kier alpha value is 0.510. The van der Waals surface area contributed by atoms with E-state index in [0.29, 0.717) is 26.2 Å². The number of nitrogens with one attached hydrogen (secondary N) is 1. The summed E-state index contributed by atoms with van der Waals surface area (Å²) in [6, 6.07) is 0. The number of primary sulfonamides is 2. The zero-order valence-electron chi connectivity index (χ0n) is 14.1. The molecule has 5 N–H and O–H groups in total. The molecule has 0 unspecified atom stereocenters. The standard InChI is InChI=1S/C6H14N2O2S.C3H7Br.C3H8N2O2S.ClH/c1-2-3-8-4-6(5-8)11(7,9)10;1-2-3-4;4-8(6,7)3-1-5-2-3;/h6H,2-5H2,1H3,(H2,7,9,10);2-3H2,1H3;3,5H,1-2H2,(H2,4,6,7);1H. The van der Waals surface area contributed by atoms with E-state index in [-0.39, 0.29) is 22.9 Å². The van der Waals surface area contributed by atoms with Gasteiger partial charge in [0.25, 0.3) is 0 Å². The molecule has 2 heterocycles. The Morgan fingerprint density at radius 1 is 1.00 bits per heavy atom. The van der Waals surface area contributed by atoms with Crippen LogP contribution in [0.5, 0.6) is 0 Å². The van der Waals surface area contributed by atoms with Gasteiger partial charge in [-0.05, 0) is 19.4 Å². The molecule has 0 radical (unpaired) electrons. The lowest BCUT2D eigenvalue weighted by atomic mass is 10.2. The lowest BCUT2D eigenvalue weighted by Gasteiger charge is -2.37. The molecule has 0 aromatic carbocycles. The summed E-state index contributed by atoms with van der Waals surface area (Å²) in [5.41, 5.74) is 0. The van der Waals surface area contributed by atoms with Gasteiger partial charge in [0.2, 0.25) is 20.0 Å². The lowest BCUT2D eigenvalue weighted by Crippen LogP contribution is -2.56. The third-order valence-corrected chi connectivity index (χ3v) is 6.61. The highest BCUT2D eigenvalue weighted by Crippen LogP contribution is 2.13. The summed E-state index contributed by atoms with van der Waals surface area (Å²) < 4.78 is 42.1. The summed E-state index contributed by atoms with van der Waals surface area (Å²) in [5.74, 6) is 0. The maximum Gasteiger partial charge on any atom is 0.214 e. The van der Waals surface area contributed by atoms with E-state index >= 15 is 0 Å². The van der Waals surface area contributed by atoms with Crippen LogP contribution in [-0.2, 0) is 20.0 Å². The number of hydrogen-bond donors (Lipinski definition) is 3. The van der Waals surface area contributed by atoms with E-state index in [1.54, 1.807) is 0 Å². The van der Waals surface area contributed by atoms with Gasteiger partial charge in [0.05, 0.1) is 5.25 Å². The van der Waals surface area contributed by atoms with E-state index in [0.717, 1.165) is 18.3 Å². The Bertz CT molecular complexity index is 521. The van der Waals surface area contributed by atoms with Gasteiger partial charge < -0.3 is 10.2 Å². The van der Waals surface area contributed by atoms with Gasteiger partial charge in [-0.15, -0.1) is 12.4 Å². The van der Waals surface area contributed by atoms with Crippen molar-refractivity contribution in [1.82, 2.24) is 10.2 Å². The molecule has 2 rings (SSSR count). The molecule has 0 bridgehead atoms. The van der Waals surface area contributed by atoms with E-state index in [9.17, 15) is 16.8 Å². The lowest BCUT2D eigenvalue weighted by molar-refractivity contribution is 0.185. The maximum absolute atomic E-state index is 10.7. The Morgan fingerprint density at radius 2 is 1.42 bits per heavy atom. The summed E-state index contributed by atoms with van der Waals surface area (Å²) in [5, 5.41) is 13.0. The van der Waals surface area contributed by atoms with E-state index in [4.69, 9.17) is 10.3 Å². The highest BCUT2D eigenvalue weighted by atomic mass is 79.9. The maximum atomic E-state index is 10.7. The number of hydrogen-bond acceptors (Lipinski definition) is 6. The van der Waals surface area contributed by atoms with E-state index < -0.39 is 20.0 Å². The second kappa shape index (κ2) is 12.8. The molecule has 0 aliphatic carbocycles. The molecule has 0 aromatic rings. The van der Waals surface area contributed by atoms with Crippen molar-refractivity contribution in [1.29, 1.82) is 0 Å². The Labute approximate surface area is 160 Å². The van der Waals surface area contributed by atoms with Crippen molar-refractivity contribution in [3.63, 3.8) is 0 Å². The van der Waals surface area contributed by atoms with Crippen LogP contribution in [0.25, 0.3) is 0 Å². The Morgan fingerprint density at radius 3 is 1.58 bits per heavy atom. The topological polar surface area (TPSA) is 136 Å². The van der Waals surface area contributed by atoms with Crippen molar-refractivity contribution < 1.29 is 16.8 Å². The van der Waals surface area contributed by atoms with E-state index in [1.165, 1.54) is 6.42 Å². The first-order valence-corrected chi connectivity index (χ1v) is 11.9. The summed E-state index contributed by atoms with van der Waals surface area (Å²) in [7, 11) is -6.49. The van der Waals surface area contributed by atoms with Crippen LogP contribution in [-0.4, -0.2) is 70.3 Å². The third kappa shape index (κ3) is 11.2. The Balaban J connectivity index is 0. The van der Waals surface area contributed by atoms with Crippen LogP contribution in [0.2, 0.25) is 0 Å². The van der Waals surface area contributed by atoms with Crippen molar-refractivity contribution in [3.05, 3.63) is 0 Å². The fraction of sp³-hybridized carbons (Fsp3) is 1.00. The number of sulfonamides is 2. The molecular formula is C12H30BrClN4O4S2. The molecule has 24 heavy (non-hydrogen) atoms. The highest BCUT2D eigenvalue weighted by Gasteiger charge is 2.34. The van der Waals surface area contributed by atoms with E-state index in [2.05, 4.69) is 40.0 Å². The van der Waals surface area contributed by atoms with Gasteiger partial charge in [0.15, 0.2) is 0 Å². The van der Waals surface area contributed by atoms with Crippen molar-refractivity contribution in [2.75, 3.05) is 38.1 Å². The quantitative estimate of drug-likeness (QED) is 0.474. The molecule has 2 fully saturated rings. The van der Waals surface area contributed by atoms with Crippen LogP contribution >= 0.6 is 28.3 Å². The molecular weight excluding hydrogens is 444 g/mol. The minimum Gasteiger partial charge on any atom is -0.314 e. The SMILES string of the molecule is CCCBr.CCCN1CC(S(N)(=O)=O)C1.Cl.NS(=O)(=O)C1CNC1. The first kappa shape index (κ1) is 26.7. The zero-order valence-corrected chi connectivity index (χ0v) is 18.2. The molecule has 0 aromatic heterocycles. The number of rotatable bonds is 5. The third-order valence-electron chi connectivity index (χ3n) is 3.33. The van der Waals surface area contributed by atoms with Crippen LogP contribution in [0.15, 0.2) is 0 Å². The fourth-order valence-electron chi connectivity index (χ4n) is 1.72. The predicted molar refractivity (Wildman–Crippen MR) is 105 cm³/mol. The van der Waals surface area contributed by atoms with Crippen molar-refractivity contribution in [3.8, 4) is 0 Å². The minimum atomic E-state index is -3.26. The highest BCUT2D eigenvalue weighted by molar-refractivity contribution is 9.09. The van der Waals surface area contributed by atoms with Crippen molar-refractivity contribution in [2.45, 2.75) is 37.2 Å². The number of nitrogens with zero attached hydrogens (tertiary/aromatic N) is 1. The fourth-order valence-corrected chi connectivity index (χ4v) is 3.26. The largest absolute Gasteiger partial charge is 0.314 e. The summed E-state index contributed by atoms with van der Waals surface area (Å²) >= 11 is 3.25. The molecule has 8 nitrogen and oxygen atoms in total. The molecule has 2 aliphatic heterocycles. The molecule has 2 saturated heterocycles. The second-order valence-corrected chi connectivity index (χ2v) is 10.0. The van der Waals surface area contributed by atoms with Crippen LogP contribution in [0.3, 0.4) is 0 Å². The van der Waals surface area contributed by atoms with Gasteiger partial charge in [0, 0.05) is 31.5 Å². The van der Waals surface area contributed by atoms with Crippen molar-refractivity contribution in [2.24, 2.45) is 10.3 Å². The zero-order chi connectivity index (χ0) is 18.1. The van der Waals surface area contributed by atoms with Gasteiger partial charge in [0.1, 0.15) is 5.25 Å². The van der Waals surface area contributed by atoms with Crippen LogP contribution in [0.4, 0.5) is 0 Å². The number of alkyl halides is 1. The van der Waals surface area contributed by atoms with Gasteiger partial charge in [-0.25, -0.2) is 27.1 Å². The minimum absolute atomic E-state index is 0. The number of nitrogens with two attached hydrogens (primary N) is 2. The van der Waals surface area contributed by atoms with Crippen molar-refractivity contribution >= 4 is 48.4 Å². The first-order chi connectivity index (χ1) is 10.6. The summed E-state index contributed by atoms with van der Waals surface area (Å²) in [4.78, 5) is 2.09. The van der Waals surface area contributed by atoms with Crippen LogP contribution < -0.4 is 15.6 Å². The average molecular weight is 474 g/mol. The monoisotopic (exact) mass is 472 g/mol. The molecule has 0 saturated carbocycles. The molecule has 2 aliphatic rings.